The zero-order valence-corrected chi connectivity index (χ0v) is 7.67. The van der Waals surface area contributed by atoms with Crippen LogP contribution in [0.5, 0.6) is 0 Å². The van der Waals surface area contributed by atoms with Gasteiger partial charge in [0.25, 0.3) is 5.91 Å². The lowest BCUT2D eigenvalue weighted by atomic mass is 10.3. The maximum Gasteiger partial charge on any atom is 0.251 e. The van der Waals surface area contributed by atoms with Gasteiger partial charge < -0.3 is 15.0 Å². The minimum Gasteiger partial charge on any atom is -0.367 e. The van der Waals surface area contributed by atoms with Crippen LogP contribution in [0.2, 0.25) is 0 Å². The molecule has 1 N–H and O–H groups in total. The summed E-state index contributed by atoms with van der Waals surface area (Å²) < 4.78 is 5.37. The molecule has 12 heavy (non-hydrogen) atoms. The van der Waals surface area contributed by atoms with Gasteiger partial charge in [-0.25, -0.2) is 0 Å². The van der Waals surface area contributed by atoms with Crippen molar-refractivity contribution in [1.82, 2.24) is 10.2 Å². The number of likely N-dealkylation sites (tertiary alicyclic amines) is 1. The summed E-state index contributed by atoms with van der Waals surface area (Å²) in [5.41, 5.74) is 0. The molecule has 0 aliphatic carbocycles. The lowest BCUT2D eigenvalue weighted by molar-refractivity contribution is -0.136. The number of carbonyl (C=O) groups excluding carboxylic acids is 1. The maximum atomic E-state index is 11.3. The second-order valence-corrected chi connectivity index (χ2v) is 3.01. The average Bonchev–Trinajstić information content (AvgIpc) is 2.36. The Kier molecular flexibility index (Phi) is 3.49. The highest BCUT2D eigenvalue weighted by atomic mass is 16.5. The van der Waals surface area contributed by atoms with Crippen LogP contribution in [0, 0.1) is 0 Å². The molecule has 0 saturated carbocycles. The van der Waals surface area contributed by atoms with Gasteiger partial charge in [0.15, 0.2) is 0 Å². The fraction of sp³-hybridized carbons (Fsp3) is 0.875. The van der Waals surface area contributed by atoms with Gasteiger partial charge >= 0.3 is 0 Å². The molecule has 1 aliphatic heterocycles. The Morgan fingerprint density at radius 1 is 1.75 bits per heavy atom. The van der Waals surface area contributed by atoms with E-state index in [1.807, 2.05) is 14.1 Å². The summed E-state index contributed by atoms with van der Waals surface area (Å²) in [5, 5.41) is 2.97. The third-order valence-corrected chi connectivity index (χ3v) is 2.05. The number of amides is 1. The Balaban J connectivity index is 2.20. The van der Waals surface area contributed by atoms with Gasteiger partial charge in [-0.2, -0.15) is 0 Å². The molecule has 70 valence electrons. The molecule has 0 bridgehead atoms. The second kappa shape index (κ2) is 4.42. The number of rotatable bonds is 4. The average molecular weight is 172 g/mol. The molecule has 1 amide bonds. The smallest absolute Gasteiger partial charge is 0.251 e. The van der Waals surface area contributed by atoms with E-state index in [4.69, 9.17) is 4.74 Å². The fourth-order valence-corrected chi connectivity index (χ4v) is 1.25. The fourth-order valence-electron chi connectivity index (χ4n) is 1.25. The lowest BCUT2D eigenvalue weighted by Gasteiger charge is -2.10. The first-order chi connectivity index (χ1) is 5.75. The van der Waals surface area contributed by atoms with E-state index in [9.17, 15) is 4.79 Å². The molecule has 0 aromatic heterocycles. The molecule has 1 unspecified atom stereocenters. The van der Waals surface area contributed by atoms with Crippen molar-refractivity contribution in [2.45, 2.75) is 12.5 Å². The third kappa shape index (κ3) is 2.19. The Bertz CT molecular complexity index is 161. The van der Waals surface area contributed by atoms with Gasteiger partial charge in [-0.05, 0) is 7.05 Å². The number of likely N-dealkylation sites (N-methyl/N-ethyl adjacent to an activating group) is 2. The molecule has 1 rings (SSSR count). The van der Waals surface area contributed by atoms with Crippen LogP contribution in [0.15, 0.2) is 0 Å². The van der Waals surface area contributed by atoms with Gasteiger partial charge in [0.2, 0.25) is 0 Å². The predicted molar refractivity (Wildman–Crippen MR) is 45.9 cm³/mol. The highest BCUT2D eigenvalue weighted by Gasteiger charge is 2.29. The summed E-state index contributed by atoms with van der Waals surface area (Å²) in [5.74, 6) is 0.117. The van der Waals surface area contributed by atoms with Gasteiger partial charge in [0, 0.05) is 26.6 Å². The SMILES string of the molecule is CNCCOC1CCN(C)C1=O. The molecule has 0 spiro atoms. The Labute approximate surface area is 72.9 Å². The predicted octanol–water partition coefficient (Wildman–Crippen LogP) is -0.547. The summed E-state index contributed by atoms with van der Waals surface area (Å²) in [7, 11) is 3.68. The van der Waals surface area contributed by atoms with E-state index >= 15 is 0 Å². The molecular formula is C8H16N2O2. The topological polar surface area (TPSA) is 41.6 Å². The Morgan fingerprint density at radius 3 is 3.00 bits per heavy atom. The molecule has 1 saturated heterocycles. The van der Waals surface area contributed by atoms with Crippen molar-refractivity contribution in [1.29, 1.82) is 0 Å². The zero-order chi connectivity index (χ0) is 8.97. The van der Waals surface area contributed by atoms with Crippen LogP contribution in [0.25, 0.3) is 0 Å². The van der Waals surface area contributed by atoms with E-state index in [1.165, 1.54) is 0 Å². The normalized spacial score (nSPS) is 23.7. The second-order valence-electron chi connectivity index (χ2n) is 3.01. The van der Waals surface area contributed by atoms with E-state index in [0.29, 0.717) is 6.61 Å². The van der Waals surface area contributed by atoms with E-state index < -0.39 is 0 Å². The van der Waals surface area contributed by atoms with Crippen LogP contribution in [0.4, 0.5) is 0 Å². The molecule has 0 aromatic rings. The number of hydrogen-bond donors (Lipinski definition) is 1. The number of nitrogens with one attached hydrogen (secondary N) is 1. The first kappa shape index (κ1) is 9.48. The molecule has 1 aliphatic rings. The van der Waals surface area contributed by atoms with E-state index in [0.717, 1.165) is 19.5 Å². The van der Waals surface area contributed by atoms with Crippen molar-refractivity contribution < 1.29 is 9.53 Å². The molecule has 1 fully saturated rings. The number of nitrogens with zero attached hydrogens (tertiary/aromatic N) is 1. The van der Waals surface area contributed by atoms with Crippen molar-refractivity contribution >= 4 is 5.91 Å². The number of carbonyl (C=O) groups is 1. The van der Waals surface area contributed by atoms with Crippen molar-refractivity contribution in [3.8, 4) is 0 Å². The van der Waals surface area contributed by atoms with E-state index in [1.54, 1.807) is 4.90 Å². The summed E-state index contributed by atoms with van der Waals surface area (Å²) >= 11 is 0. The lowest BCUT2D eigenvalue weighted by Crippen LogP contribution is -2.29. The molecular weight excluding hydrogens is 156 g/mol. The summed E-state index contributed by atoms with van der Waals surface area (Å²) in [4.78, 5) is 13.0. The highest BCUT2D eigenvalue weighted by molar-refractivity contribution is 5.82. The van der Waals surface area contributed by atoms with Crippen molar-refractivity contribution in [3.63, 3.8) is 0 Å². The number of hydrogen-bond acceptors (Lipinski definition) is 3. The van der Waals surface area contributed by atoms with Crippen molar-refractivity contribution in [2.75, 3.05) is 33.8 Å². The summed E-state index contributed by atoms with van der Waals surface area (Å²) in [6, 6.07) is 0. The van der Waals surface area contributed by atoms with E-state index in [2.05, 4.69) is 5.32 Å². The highest BCUT2D eigenvalue weighted by Crippen LogP contribution is 2.11. The minimum absolute atomic E-state index is 0.117. The van der Waals surface area contributed by atoms with Crippen LogP contribution < -0.4 is 5.32 Å². The largest absolute Gasteiger partial charge is 0.367 e. The van der Waals surface area contributed by atoms with Crippen LogP contribution in [-0.2, 0) is 9.53 Å². The molecule has 0 radical (unpaired) electrons. The molecule has 1 atom stereocenters. The Morgan fingerprint density at radius 2 is 2.50 bits per heavy atom. The first-order valence-electron chi connectivity index (χ1n) is 4.27. The van der Waals surface area contributed by atoms with Crippen LogP contribution in [-0.4, -0.2) is 50.7 Å². The van der Waals surface area contributed by atoms with Crippen LogP contribution >= 0.6 is 0 Å². The van der Waals surface area contributed by atoms with Gasteiger partial charge in [0.1, 0.15) is 6.10 Å². The summed E-state index contributed by atoms with van der Waals surface area (Å²) in [6.45, 7) is 2.23. The van der Waals surface area contributed by atoms with Crippen molar-refractivity contribution in [2.24, 2.45) is 0 Å². The van der Waals surface area contributed by atoms with Crippen molar-refractivity contribution in [3.05, 3.63) is 0 Å². The minimum atomic E-state index is -0.191. The van der Waals surface area contributed by atoms with Gasteiger partial charge in [-0.1, -0.05) is 0 Å². The quantitative estimate of drug-likeness (QED) is 0.579. The van der Waals surface area contributed by atoms with Gasteiger partial charge in [0.05, 0.1) is 6.61 Å². The molecule has 4 nitrogen and oxygen atoms in total. The Hall–Kier alpha value is -0.610. The van der Waals surface area contributed by atoms with E-state index in [-0.39, 0.29) is 12.0 Å². The monoisotopic (exact) mass is 172 g/mol. The van der Waals surface area contributed by atoms with Gasteiger partial charge in [-0.3, -0.25) is 4.79 Å². The zero-order valence-electron chi connectivity index (χ0n) is 7.67. The van der Waals surface area contributed by atoms with Gasteiger partial charge in [-0.15, -0.1) is 0 Å². The molecule has 0 aromatic carbocycles. The molecule has 1 heterocycles. The third-order valence-electron chi connectivity index (χ3n) is 2.05. The first-order valence-corrected chi connectivity index (χ1v) is 4.27. The van der Waals surface area contributed by atoms with Crippen LogP contribution in [0.1, 0.15) is 6.42 Å². The maximum absolute atomic E-state index is 11.3. The standard InChI is InChI=1S/C8H16N2O2/c1-9-4-6-12-7-3-5-10(2)8(7)11/h7,9H,3-6H2,1-2H3. The summed E-state index contributed by atoms with van der Waals surface area (Å²) in [6.07, 6.45) is 0.641. The van der Waals surface area contributed by atoms with Crippen LogP contribution in [0.3, 0.4) is 0 Å². The molecule has 4 heteroatoms. The number of ether oxygens (including phenoxy) is 1.